The van der Waals surface area contributed by atoms with Crippen molar-refractivity contribution in [3.63, 3.8) is 0 Å². The van der Waals surface area contributed by atoms with Crippen LogP contribution in [0.15, 0.2) is 30.4 Å². The molecule has 0 saturated heterocycles. The highest BCUT2D eigenvalue weighted by Crippen LogP contribution is 2.15. The van der Waals surface area contributed by atoms with E-state index in [1.54, 1.807) is 0 Å². The second-order valence-electron chi connectivity index (χ2n) is 4.26. The summed E-state index contributed by atoms with van der Waals surface area (Å²) in [5.41, 5.74) is 1.24. The fraction of sp³-hybridized carbons (Fsp3) is 0.385. The van der Waals surface area contributed by atoms with Crippen molar-refractivity contribution in [1.29, 1.82) is 0 Å². The number of rotatable bonds is 8. The molecule has 1 N–H and O–H groups in total. The highest BCUT2D eigenvalue weighted by Gasteiger charge is 2.09. The zero-order valence-electron chi connectivity index (χ0n) is 10.8. The minimum atomic E-state index is -0.609. The molecule has 0 aliphatic rings. The van der Waals surface area contributed by atoms with Crippen molar-refractivity contribution in [3.05, 3.63) is 51.8 Å². The van der Waals surface area contributed by atoms with Crippen LogP contribution in [-0.2, 0) is 11.3 Å². The Bertz CT molecular complexity index is 463. The number of nitrogens with zero attached hydrogens (tertiary/aromatic N) is 1. The second-order valence-corrected chi connectivity index (χ2v) is 4.26. The lowest BCUT2D eigenvalue weighted by Gasteiger charge is -2.06. The van der Waals surface area contributed by atoms with Crippen molar-refractivity contribution < 1.29 is 14.1 Å². The summed E-state index contributed by atoms with van der Waals surface area (Å²) < 4.78 is 18.4. The van der Waals surface area contributed by atoms with Crippen LogP contribution in [0.2, 0.25) is 0 Å². The third-order valence-corrected chi connectivity index (χ3v) is 2.25. The molecule has 1 aromatic rings. The van der Waals surface area contributed by atoms with Gasteiger partial charge in [-0.2, -0.15) is 0 Å². The standard InChI is InChI=1S/C13H17FN2O3/c1-10(2)9-19-4-3-15-8-11-5-12(14)7-13(6-11)16(17)18/h5-7,15H,1,3-4,8-9H2,2H3. The molecule has 0 aliphatic carbocycles. The van der Waals surface area contributed by atoms with Gasteiger partial charge in [-0.3, -0.25) is 10.1 Å². The first kappa shape index (κ1) is 15.3. The molecule has 0 saturated carbocycles. The highest BCUT2D eigenvalue weighted by atomic mass is 19.1. The van der Waals surface area contributed by atoms with Crippen LogP contribution in [0.25, 0.3) is 0 Å². The summed E-state index contributed by atoms with van der Waals surface area (Å²) in [6, 6.07) is 3.53. The van der Waals surface area contributed by atoms with Gasteiger partial charge in [-0.15, -0.1) is 0 Å². The van der Waals surface area contributed by atoms with Gasteiger partial charge in [0.15, 0.2) is 0 Å². The Morgan fingerprint density at radius 1 is 1.53 bits per heavy atom. The molecule has 0 spiro atoms. The number of hydrogen-bond donors (Lipinski definition) is 1. The van der Waals surface area contributed by atoms with Crippen LogP contribution in [0, 0.1) is 15.9 Å². The topological polar surface area (TPSA) is 64.4 Å². The van der Waals surface area contributed by atoms with Crippen molar-refractivity contribution in [2.45, 2.75) is 13.5 Å². The number of nitrogens with one attached hydrogen (secondary N) is 1. The van der Waals surface area contributed by atoms with E-state index in [1.165, 1.54) is 12.1 Å². The maximum Gasteiger partial charge on any atom is 0.272 e. The van der Waals surface area contributed by atoms with E-state index in [-0.39, 0.29) is 5.69 Å². The first-order valence-corrected chi connectivity index (χ1v) is 5.85. The van der Waals surface area contributed by atoms with Crippen LogP contribution in [0.1, 0.15) is 12.5 Å². The summed E-state index contributed by atoms with van der Waals surface area (Å²) >= 11 is 0. The third kappa shape index (κ3) is 6.08. The minimum absolute atomic E-state index is 0.240. The predicted molar refractivity (Wildman–Crippen MR) is 70.4 cm³/mol. The fourth-order valence-electron chi connectivity index (χ4n) is 1.46. The molecule has 0 aromatic heterocycles. The van der Waals surface area contributed by atoms with Gasteiger partial charge in [0, 0.05) is 19.2 Å². The van der Waals surface area contributed by atoms with Crippen LogP contribution in [0.4, 0.5) is 10.1 Å². The second kappa shape index (κ2) is 7.60. The van der Waals surface area contributed by atoms with Crippen molar-refractivity contribution in [2.24, 2.45) is 0 Å². The summed E-state index contributed by atoms with van der Waals surface area (Å²) in [5, 5.41) is 13.6. The summed E-state index contributed by atoms with van der Waals surface area (Å²) in [6.45, 7) is 7.53. The highest BCUT2D eigenvalue weighted by molar-refractivity contribution is 5.35. The maximum absolute atomic E-state index is 13.1. The molecule has 6 heteroatoms. The molecule has 1 aromatic carbocycles. The van der Waals surface area contributed by atoms with E-state index >= 15 is 0 Å². The lowest BCUT2D eigenvalue weighted by Crippen LogP contribution is -2.19. The van der Waals surface area contributed by atoms with Crippen LogP contribution >= 0.6 is 0 Å². The quantitative estimate of drug-likeness (QED) is 0.340. The molecule has 0 unspecified atom stereocenters. The molecule has 0 bridgehead atoms. The first-order valence-electron chi connectivity index (χ1n) is 5.85. The minimum Gasteiger partial charge on any atom is -0.376 e. The summed E-state index contributed by atoms with van der Waals surface area (Å²) in [4.78, 5) is 9.97. The van der Waals surface area contributed by atoms with E-state index in [2.05, 4.69) is 11.9 Å². The van der Waals surface area contributed by atoms with Gasteiger partial charge in [-0.1, -0.05) is 12.2 Å². The van der Waals surface area contributed by atoms with Gasteiger partial charge in [0.1, 0.15) is 5.82 Å². The Labute approximate surface area is 111 Å². The number of nitro groups is 1. The monoisotopic (exact) mass is 268 g/mol. The average Bonchev–Trinajstić information content (AvgIpc) is 2.32. The summed E-state index contributed by atoms with van der Waals surface area (Å²) in [7, 11) is 0. The van der Waals surface area contributed by atoms with Crippen LogP contribution in [0.3, 0.4) is 0 Å². The Hall–Kier alpha value is -1.79. The molecular formula is C13H17FN2O3. The van der Waals surface area contributed by atoms with Crippen LogP contribution < -0.4 is 5.32 Å². The lowest BCUT2D eigenvalue weighted by molar-refractivity contribution is -0.385. The number of halogens is 1. The Balaban J connectivity index is 2.37. The van der Waals surface area contributed by atoms with Gasteiger partial charge in [-0.25, -0.2) is 4.39 Å². The summed E-state index contributed by atoms with van der Waals surface area (Å²) in [5.74, 6) is -0.607. The number of benzene rings is 1. The van der Waals surface area contributed by atoms with E-state index in [0.29, 0.717) is 31.9 Å². The smallest absolute Gasteiger partial charge is 0.272 e. The normalized spacial score (nSPS) is 10.4. The van der Waals surface area contributed by atoms with E-state index in [0.717, 1.165) is 11.6 Å². The molecule has 0 radical (unpaired) electrons. The number of nitro benzene ring substituents is 1. The molecule has 0 amide bonds. The number of ether oxygens (including phenoxy) is 1. The van der Waals surface area contributed by atoms with Crippen LogP contribution in [0.5, 0.6) is 0 Å². The van der Waals surface area contributed by atoms with Gasteiger partial charge < -0.3 is 10.1 Å². The van der Waals surface area contributed by atoms with E-state index in [4.69, 9.17) is 4.74 Å². The van der Waals surface area contributed by atoms with Gasteiger partial charge in [-0.05, 0) is 18.6 Å². The third-order valence-electron chi connectivity index (χ3n) is 2.25. The molecule has 0 aliphatic heterocycles. The largest absolute Gasteiger partial charge is 0.376 e. The van der Waals surface area contributed by atoms with E-state index in [1.807, 2.05) is 6.92 Å². The molecule has 0 atom stereocenters. The van der Waals surface area contributed by atoms with Crippen LogP contribution in [-0.4, -0.2) is 24.7 Å². The number of non-ortho nitro benzene ring substituents is 1. The van der Waals surface area contributed by atoms with Crippen molar-refractivity contribution in [3.8, 4) is 0 Å². The van der Waals surface area contributed by atoms with Crippen molar-refractivity contribution in [1.82, 2.24) is 5.32 Å². The average molecular weight is 268 g/mol. The zero-order valence-corrected chi connectivity index (χ0v) is 10.8. The fourth-order valence-corrected chi connectivity index (χ4v) is 1.46. The molecule has 104 valence electrons. The Morgan fingerprint density at radius 2 is 2.26 bits per heavy atom. The van der Waals surface area contributed by atoms with Gasteiger partial charge in [0.2, 0.25) is 0 Å². The molecule has 0 heterocycles. The lowest BCUT2D eigenvalue weighted by atomic mass is 10.2. The molecule has 1 rings (SSSR count). The zero-order chi connectivity index (χ0) is 14.3. The molecule has 5 nitrogen and oxygen atoms in total. The predicted octanol–water partition coefficient (Wildman–Crippen LogP) is 2.42. The first-order chi connectivity index (χ1) is 8.99. The Morgan fingerprint density at radius 3 is 2.89 bits per heavy atom. The van der Waals surface area contributed by atoms with E-state index in [9.17, 15) is 14.5 Å². The van der Waals surface area contributed by atoms with Gasteiger partial charge in [0.05, 0.1) is 24.2 Å². The van der Waals surface area contributed by atoms with Crippen molar-refractivity contribution in [2.75, 3.05) is 19.8 Å². The van der Waals surface area contributed by atoms with E-state index < -0.39 is 10.7 Å². The Kier molecular flexibility index (Phi) is 6.11. The maximum atomic E-state index is 13.1. The summed E-state index contributed by atoms with van der Waals surface area (Å²) in [6.07, 6.45) is 0. The number of hydrogen-bond acceptors (Lipinski definition) is 4. The SMILES string of the molecule is C=C(C)COCCNCc1cc(F)cc([N+](=O)[O-])c1. The molecule has 0 fully saturated rings. The van der Waals surface area contributed by atoms with Crippen molar-refractivity contribution >= 4 is 5.69 Å². The van der Waals surface area contributed by atoms with Gasteiger partial charge >= 0.3 is 0 Å². The molecular weight excluding hydrogens is 251 g/mol. The van der Waals surface area contributed by atoms with Gasteiger partial charge in [0.25, 0.3) is 5.69 Å². The molecule has 19 heavy (non-hydrogen) atoms.